The second-order valence-corrected chi connectivity index (χ2v) is 7.33. The smallest absolute Gasteiger partial charge is 0.251 e. The van der Waals surface area contributed by atoms with Crippen LogP contribution in [0.15, 0.2) is 41.2 Å². The highest BCUT2D eigenvalue weighted by atomic mass is 35.5. The molecule has 1 aromatic carbocycles. The molecule has 0 unspecified atom stereocenters. The normalized spacial score (nSPS) is 10.7. The standard InChI is InChI=1S/C20H20F2N2OS.ClH/c1-3-14-8-18(12(2)24-20(14)25)19-5-4-17(26-19)11-23-10-13-6-15(21)9-16(22)7-13;/h4-9,23H,3,10-11H2,1-2H3,(H,24,25);1H. The molecular formula is C20H21ClF2N2OS. The van der Waals surface area contributed by atoms with Gasteiger partial charge in [-0.1, -0.05) is 6.92 Å². The van der Waals surface area contributed by atoms with Crippen LogP contribution in [0, 0.1) is 18.6 Å². The number of hydrogen-bond acceptors (Lipinski definition) is 3. The second kappa shape index (κ2) is 9.26. The molecule has 0 aliphatic rings. The molecule has 0 saturated heterocycles. The van der Waals surface area contributed by atoms with Crippen LogP contribution in [0.4, 0.5) is 8.78 Å². The molecular weight excluding hydrogens is 390 g/mol. The van der Waals surface area contributed by atoms with Gasteiger partial charge in [0, 0.05) is 45.7 Å². The first-order valence-corrected chi connectivity index (χ1v) is 9.25. The number of halogens is 3. The van der Waals surface area contributed by atoms with Crippen molar-refractivity contribution >= 4 is 23.7 Å². The number of thiophene rings is 1. The van der Waals surface area contributed by atoms with E-state index in [9.17, 15) is 13.6 Å². The van der Waals surface area contributed by atoms with E-state index in [1.54, 1.807) is 11.3 Å². The SMILES string of the molecule is CCc1cc(-c2ccc(CNCc3cc(F)cc(F)c3)s2)c(C)[nH]c1=O.Cl. The summed E-state index contributed by atoms with van der Waals surface area (Å²) >= 11 is 1.63. The Hall–Kier alpha value is -2.02. The molecule has 0 saturated carbocycles. The molecule has 0 atom stereocenters. The number of pyridine rings is 1. The minimum atomic E-state index is -0.569. The summed E-state index contributed by atoms with van der Waals surface area (Å²) in [7, 11) is 0. The highest BCUT2D eigenvalue weighted by molar-refractivity contribution is 7.15. The summed E-state index contributed by atoms with van der Waals surface area (Å²) < 4.78 is 26.4. The van der Waals surface area contributed by atoms with Crippen molar-refractivity contribution in [2.75, 3.05) is 0 Å². The van der Waals surface area contributed by atoms with Crippen molar-refractivity contribution in [2.24, 2.45) is 0 Å². The Kier molecular flexibility index (Phi) is 7.30. The van der Waals surface area contributed by atoms with Gasteiger partial charge < -0.3 is 10.3 Å². The van der Waals surface area contributed by atoms with Crippen molar-refractivity contribution in [2.45, 2.75) is 33.4 Å². The van der Waals surface area contributed by atoms with Crippen LogP contribution >= 0.6 is 23.7 Å². The highest BCUT2D eigenvalue weighted by Gasteiger charge is 2.09. The topological polar surface area (TPSA) is 44.9 Å². The predicted octanol–water partition coefficient (Wildman–Crippen LogP) is 4.96. The lowest BCUT2D eigenvalue weighted by Crippen LogP contribution is -2.13. The van der Waals surface area contributed by atoms with Crippen molar-refractivity contribution < 1.29 is 8.78 Å². The zero-order valence-electron chi connectivity index (χ0n) is 15.1. The number of aryl methyl sites for hydroxylation is 2. The predicted molar refractivity (Wildman–Crippen MR) is 109 cm³/mol. The minimum Gasteiger partial charge on any atom is -0.326 e. The minimum absolute atomic E-state index is 0. The van der Waals surface area contributed by atoms with Crippen LogP contribution in [0.3, 0.4) is 0 Å². The number of rotatable bonds is 6. The van der Waals surface area contributed by atoms with Crippen LogP contribution < -0.4 is 10.9 Å². The lowest BCUT2D eigenvalue weighted by atomic mass is 10.1. The van der Waals surface area contributed by atoms with Gasteiger partial charge >= 0.3 is 0 Å². The lowest BCUT2D eigenvalue weighted by molar-refractivity contribution is 0.575. The van der Waals surface area contributed by atoms with Gasteiger partial charge in [-0.25, -0.2) is 8.78 Å². The Labute approximate surface area is 166 Å². The average molecular weight is 411 g/mol. The van der Waals surface area contributed by atoms with Crippen LogP contribution in [0.25, 0.3) is 10.4 Å². The average Bonchev–Trinajstić information content (AvgIpc) is 3.03. The van der Waals surface area contributed by atoms with Gasteiger partial charge in [0.2, 0.25) is 0 Å². The molecule has 0 aliphatic carbocycles. The summed E-state index contributed by atoms with van der Waals surface area (Å²) in [5.41, 5.74) is 3.19. The van der Waals surface area contributed by atoms with E-state index in [0.717, 1.165) is 32.6 Å². The number of nitrogens with one attached hydrogen (secondary N) is 2. The maximum Gasteiger partial charge on any atom is 0.251 e. The first-order valence-electron chi connectivity index (χ1n) is 8.44. The van der Waals surface area contributed by atoms with Crippen molar-refractivity contribution in [3.05, 3.63) is 80.1 Å². The summed E-state index contributed by atoms with van der Waals surface area (Å²) in [6.45, 7) is 4.85. The summed E-state index contributed by atoms with van der Waals surface area (Å²) in [4.78, 5) is 17.0. The zero-order valence-corrected chi connectivity index (χ0v) is 16.7. The van der Waals surface area contributed by atoms with Gasteiger partial charge in [0.15, 0.2) is 0 Å². The maximum absolute atomic E-state index is 13.2. The van der Waals surface area contributed by atoms with E-state index in [4.69, 9.17) is 0 Å². The van der Waals surface area contributed by atoms with E-state index >= 15 is 0 Å². The molecule has 0 bridgehead atoms. The first kappa shape index (κ1) is 21.3. The molecule has 0 spiro atoms. The van der Waals surface area contributed by atoms with Crippen LogP contribution in [0.2, 0.25) is 0 Å². The van der Waals surface area contributed by atoms with Gasteiger partial charge in [-0.3, -0.25) is 4.79 Å². The van der Waals surface area contributed by atoms with Gasteiger partial charge in [0.1, 0.15) is 11.6 Å². The van der Waals surface area contributed by atoms with E-state index < -0.39 is 11.6 Å². The molecule has 3 aromatic rings. The molecule has 0 radical (unpaired) electrons. The third-order valence-electron chi connectivity index (χ3n) is 4.17. The monoisotopic (exact) mass is 410 g/mol. The van der Waals surface area contributed by atoms with Gasteiger partial charge in [0.25, 0.3) is 5.56 Å². The van der Waals surface area contributed by atoms with Crippen LogP contribution in [-0.2, 0) is 19.5 Å². The molecule has 3 nitrogen and oxygen atoms in total. The summed E-state index contributed by atoms with van der Waals surface area (Å²) in [6, 6.07) is 9.52. The number of H-pyrrole nitrogens is 1. The molecule has 2 heterocycles. The van der Waals surface area contributed by atoms with Gasteiger partial charge in [-0.2, -0.15) is 0 Å². The number of benzene rings is 1. The molecule has 3 rings (SSSR count). The Morgan fingerprint density at radius 1 is 1.07 bits per heavy atom. The quantitative estimate of drug-likeness (QED) is 0.603. The van der Waals surface area contributed by atoms with E-state index in [1.165, 1.54) is 12.1 Å². The Morgan fingerprint density at radius 3 is 2.44 bits per heavy atom. The van der Waals surface area contributed by atoms with E-state index in [2.05, 4.69) is 10.3 Å². The van der Waals surface area contributed by atoms with Gasteiger partial charge in [-0.15, -0.1) is 23.7 Å². The highest BCUT2D eigenvalue weighted by Crippen LogP contribution is 2.30. The molecule has 144 valence electrons. The number of hydrogen-bond donors (Lipinski definition) is 2. The first-order chi connectivity index (χ1) is 12.5. The van der Waals surface area contributed by atoms with Crippen molar-refractivity contribution in [1.29, 1.82) is 0 Å². The molecule has 2 N–H and O–H groups in total. The lowest BCUT2D eigenvalue weighted by Gasteiger charge is -2.06. The molecule has 0 aliphatic heterocycles. The fourth-order valence-electron chi connectivity index (χ4n) is 2.85. The van der Waals surface area contributed by atoms with Crippen LogP contribution in [0.5, 0.6) is 0 Å². The largest absolute Gasteiger partial charge is 0.326 e. The van der Waals surface area contributed by atoms with Crippen LogP contribution in [-0.4, -0.2) is 4.98 Å². The summed E-state index contributed by atoms with van der Waals surface area (Å²) in [5, 5.41) is 3.20. The zero-order chi connectivity index (χ0) is 18.7. The van der Waals surface area contributed by atoms with Crippen molar-refractivity contribution in [3.8, 4) is 10.4 Å². The van der Waals surface area contributed by atoms with E-state index in [-0.39, 0.29) is 18.0 Å². The fraction of sp³-hybridized carbons (Fsp3) is 0.250. The molecule has 27 heavy (non-hydrogen) atoms. The van der Waals surface area contributed by atoms with Crippen molar-refractivity contribution in [3.63, 3.8) is 0 Å². The molecule has 0 amide bonds. The fourth-order valence-corrected chi connectivity index (χ4v) is 3.90. The maximum atomic E-state index is 13.2. The number of aromatic nitrogens is 1. The van der Waals surface area contributed by atoms with Crippen LogP contribution in [0.1, 0.15) is 28.6 Å². The number of aromatic amines is 1. The summed E-state index contributed by atoms with van der Waals surface area (Å²) in [6.07, 6.45) is 0.687. The molecule has 7 heteroatoms. The van der Waals surface area contributed by atoms with E-state index in [1.807, 2.05) is 32.0 Å². The van der Waals surface area contributed by atoms with E-state index in [0.29, 0.717) is 25.1 Å². The Morgan fingerprint density at radius 2 is 1.78 bits per heavy atom. The molecule has 0 fully saturated rings. The third-order valence-corrected chi connectivity index (χ3v) is 5.29. The third kappa shape index (κ3) is 5.25. The van der Waals surface area contributed by atoms with Crippen molar-refractivity contribution in [1.82, 2.24) is 10.3 Å². The van der Waals surface area contributed by atoms with Gasteiger partial charge in [-0.05, 0) is 49.2 Å². The second-order valence-electron chi connectivity index (χ2n) is 6.16. The Balaban J connectivity index is 0.00000261. The molecule has 2 aromatic heterocycles. The Bertz CT molecular complexity index is 964. The summed E-state index contributed by atoms with van der Waals surface area (Å²) in [5.74, 6) is -1.14. The van der Waals surface area contributed by atoms with Gasteiger partial charge in [0.05, 0.1) is 0 Å².